The number of halogens is 1. The first-order valence-corrected chi connectivity index (χ1v) is 7.60. The van der Waals surface area contributed by atoms with Gasteiger partial charge in [0.05, 0.1) is 5.02 Å². The lowest BCUT2D eigenvalue weighted by Gasteiger charge is -2.13. The molecular weight excluding hydrogens is 274 g/mol. The fourth-order valence-corrected chi connectivity index (χ4v) is 3.00. The molecule has 0 bridgehead atoms. The molecule has 0 fully saturated rings. The number of benzene rings is 2. The van der Waals surface area contributed by atoms with Gasteiger partial charge in [-0.25, -0.2) is 0 Å². The van der Waals surface area contributed by atoms with Gasteiger partial charge in [-0.15, -0.1) is 0 Å². The average Bonchev–Trinajstić information content (AvgIpc) is 2.40. The van der Waals surface area contributed by atoms with Gasteiger partial charge in [-0.1, -0.05) is 67.5 Å². The van der Waals surface area contributed by atoms with Crippen LogP contribution in [0.15, 0.2) is 58.3 Å². The molecule has 0 heterocycles. The van der Waals surface area contributed by atoms with Crippen LogP contribution < -0.4 is 5.32 Å². The number of rotatable bonds is 5. The standard InChI is InChI=1S/C16H18ClNS/c1-12(2)18-11-13-7-6-10-15(17)16(13)19-14-8-4-3-5-9-14/h3-10,12,18H,11H2,1-2H3. The largest absolute Gasteiger partial charge is 0.310 e. The molecule has 0 unspecified atom stereocenters. The highest BCUT2D eigenvalue weighted by atomic mass is 35.5. The molecular formula is C16H18ClNS. The van der Waals surface area contributed by atoms with E-state index in [2.05, 4.69) is 37.4 Å². The Bertz CT molecular complexity index is 526. The summed E-state index contributed by atoms with van der Waals surface area (Å²) in [6, 6.07) is 16.9. The predicted octanol–water partition coefficient (Wildman–Crippen LogP) is 4.99. The molecule has 0 aliphatic heterocycles. The summed E-state index contributed by atoms with van der Waals surface area (Å²) in [5, 5.41) is 4.26. The van der Waals surface area contributed by atoms with Crippen molar-refractivity contribution in [1.82, 2.24) is 5.32 Å². The summed E-state index contributed by atoms with van der Waals surface area (Å²) < 4.78 is 0. The van der Waals surface area contributed by atoms with Gasteiger partial charge in [0.2, 0.25) is 0 Å². The van der Waals surface area contributed by atoms with E-state index in [9.17, 15) is 0 Å². The van der Waals surface area contributed by atoms with Crippen LogP contribution in [-0.4, -0.2) is 6.04 Å². The first-order valence-electron chi connectivity index (χ1n) is 6.40. The van der Waals surface area contributed by atoms with E-state index in [0.29, 0.717) is 6.04 Å². The highest BCUT2D eigenvalue weighted by Gasteiger charge is 2.09. The van der Waals surface area contributed by atoms with Crippen molar-refractivity contribution in [2.45, 2.75) is 36.2 Å². The van der Waals surface area contributed by atoms with Crippen LogP contribution in [0.5, 0.6) is 0 Å². The number of nitrogens with one attached hydrogen (secondary N) is 1. The minimum atomic E-state index is 0.466. The Morgan fingerprint density at radius 1 is 1.05 bits per heavy atom. The Hall–Kier alpha value is -0.960. The van der Waals surface area contributed by atoms with E-state index >= 15 is 0 Å². The normalized spacial score (nSPS) is 10.9. The third-order valence-electron chi connectivity index (χ3n) is 2.71. The van der Waals surface area contributed by atoms with E-state index in [1.165, 1.54) is 10.5 Å². The molecule has 1 nitrogen and oxygen atoms in total. The summed E-state index contributed by atoms with van der Waals surface area (Å²) in [5.41, 5.74) is 1.25. The average molecular weight is 292 g/mol. The molecule has 0 amide bonds. The maximum atomic E-state index is 6.35. The number of hydrogen-bond donors (Lipinski definition) is 1. The Morgan fingerprint density at radius 2 is 1.79 bits per heavy atom. The van der Waals surface area contributed by atoms with E-state index in [-0.39, 0.29) is 0 Å². The third kappa shape index (κ3) is 4.27. The second-order valence-corrected chi connectivity index (χ2v) is 6.17. The zero-order chi connectivity index (χ0) is 13.7. The maximum Gasteiger partial charge on any atom is 0.0548 e. The Labute approximate surface area is 124 Å². The van der Waals surface area contributed by atoms with Crippen LogP contribution >= 0.6 is 23.4 Å². The summed E-state index contributed by atoms with van der Waals surface area (Å²) in [6.07, 6.45) is 0. The van der Waals surface area contributed by atoms with E-state index in [4.69, 9.17) is 11.6 Å². The van der Waals surface area contributed by atoms with Gasteiger partial charge in [0.1, 0.15) is 0 Å². The van der Waals surface area contributed by atoms with Gasteiger partial charge in [0.25, 0.3) is 0 Å². The monoisotopic (exact) mass is 291 g/mol. The van der Waals surface area contributed by atoms with Crippen LogP contribution in [0.25, 0.3) is 0 Å². The molecule has 19 heavy (non-hydrogen) atoms. The van der Waals surface area contributed by atoms with Crippen LogP contribution in [0.4, 0.5) is 0 Å². The molecule has 3 heteroatoms. The second kappa shape index (κ2) is 6.99. The summed E-state index contributed by atoms with van der Waals surface area (Å²) in [6.45, 7) is 5.14. The van der Waals surface area contributed by atoms with Crippen molar-refractivity contribution in [2.24, 2.45) is 0 Å². The van der Waals surface area contributed by atoms with Gasteiger partial charge in [0.15, 0.2) is 0 Å². The van der Waals surface area contributed by atoms with Crippen molar-refractivity contribution >= 4 is 23.4 Å². The van der Waals surface area contributed by atoms with Crippen molar-refractivity contribution in [3.63, 3.8) is 0 Å². The molecule has 2 rings (SSSR count). The molecule has 0 saturated heterocycles. The molecule has 0 radical (unpaired) electrons. The SMILES string of the molecule is CC(C)NCc1cccc(Cl)c1Sc1ccccc1. The van der Waals surface area contributed by atoms with Crippen LogP contribution in [0.1, 0.15) is 19.4 Å². The number of hydrogen-bond acceptors (Lipinski definition) is 2. The fraction of sp³-hybridized carbons (Fsp3) is 0.250. The quantitative estimate of drug-likeness (QED) is 0.833. The molecule has 0 atom stereocenters. The molecule has 1 N–H and O–H groups in total. The van der Waals surface area contributed by atoms with Gasteiger partial charge in [-0.3, -0.25) is 0 Å². The topological polar surface area (TPSA) is 12.0 Å². The molecule has 0 aliphatic carbocycles. The van der Waals surface area contributed by atoms with Gasteiger partial charge < -0.3 is 5.32 Å². The van der Waals surface area contributed by atoms with Crippen LogP contribution in [-0.2, 0) is 6.54 Å². The second-order valence-electron chi connectivity index (χ2n) is 4.68. The van der Waals surface area contributed by atoms with E-state index in [1.807, 2.05) is 30.3 Å². The minimum Gasteiger partial charge on any atom is -0.310 e. The van der Waals surface area contributed by atoms with Gasteiger partial charge in [-0.2, -0.15) is 0 Å². The molecule has 0 aliphatic rings. The molecule has 100 valence electrons. The summed E-state index contributed by atoms with van der Waals surface area (Å²) in [5.74, 6) is 0. The Balaban J connectivity index is 2.22. The zero-order valence-corrected chi connectivity index (χ0v) is 12.8. The van der Waals surface area contributed by atoms with Crippen molar-refractivity contribution in [3.05, 3.63) is 59.1 Å². The third-order valence-corrected chi connectivity index (χ3v) is 4.33. The Kier molecular flexibility index (Phi) is 5.32. The maximum absolute atomic E-state index is 6.35. The summed E-state index contributed by atoms with van der Waals surface area (Å²) in [7, 11) is 0. The minimum absolute atomic E-state index is 0.466. The first-order chi connectivity index (χ1) is 9.16. The van der Waals surface area contributed by atoms with Gasteiger partial charge in [0, 0.05) is 22.4 Å². The molecule has 0 spiro atoms. The van der Waals surface area contributed by atoms with Crippen molar-refractivity contribution in [3.8, 4) is 0 Å². The van der Waals surface area contributed by atoms with Crippen molar-refractivity contribution in [1.29, 1.82) is 0 Å². The fourth-order valence-electron chi connectivity index (χ4n) is 1.73. The highest BCUT2D eigenvalue weighted by Crippen LogP contribution is 2.35. The highest BCUT2D eigenvalue weighted by molar-refractivity contribution is 7.99. The van der Waals surface area contributed by atoms with E-state index < -0.39 is 0 Å². The lowest BCUT2D eigenvalue weighted by molar-refractivity contribution is 0.585. The zero-order valence-electron chi connectivity index (χ0n) is 11.2. The summed E-state index contributed by atoms with van der Waals surface area (Å²) in [4.78, 5) is 2.35. The van der Waals surface area contributed by atoms with Gasteiger partial charge >= 0.3 is 0 Å². The van der Waals surface area contributed by atoms with Crippen LogP contribution in [0.3, 0.4) is 0 Å². The predicted molar refractivity (Wildman–Crippen MR) is 84.0 cm³/mol. The smallest absolute Gasteiger partial charge is 0.0548 e. The summed E-state index contributed by atoms with van der Waals surface area (Å²) >= 11 is 8.07. The van der Waals surface area contributed by atoms with Gasteiger partial charge in [-0.05, 0) is 23.8 Å². The molecule has 0 aromatic heterocycles. The van der Waals surface area contributed by atoms with E-state index in [1.54, 1.807) is 11.8 Å². The van der Waals surface area contributed by atoms with Crippen LogP contribution in [0, 0.1) is 0 Å². The van der Waals surface area contributed by atoms with Crippen molar-refractivity contribution in [2.75, 3.05) is 0 Å². The molecule has 2 aromatic rings. The van der Waals surface area contributed by atoms with Crippen LogP contribution in [0.2, 0.25) is 5.02 Å². The van der Waals surface area contributed by atoms with Crippen molar-refractivity contribution < 1.29 is 0 Å². The first kappa shape index (κ1) is 14.4. The lowest BCUT2D eigenvalue weighted by atomic mass is 10.2. The molecule has 2 aromatic carbocycles. The molecule has 0 saturated carbocycles. The van der Waals surface area contributed by atoms with E-state index in [0.717, 1.165) is 16.5 Å². The Morgan fingerprint density at radius 3 is 2.47 bits per heavy atom. The lowest BCUT2D eigenvalue weighted by Crippen LogP contribution is -2.22.